The summed E-state index contributed by atoms with van der Waals surface area (Å²) in [7, 11) is -3.71. The minimum absolute atomic E-state index is 0.150. The zero-order valence-corrected chi connectivity index (χ0v) is 18.2. The summed E-state index contributed by atoms with van der Waals surface area (Å²) in [5.41, 5.74) is 3.46. The summed E-state index contributed by atoms with van der Waals surface area (Å²) in [5.74, 6) is -0.549. The lowest BCUT2D eigenvalue weighted by molar-refractivity contribution is -0.120. The number of carbonyl (C=O) groups is 1. The highest BCUT2D eigenvalue weighted by atomic mass is 32.2. The van der Waals surface area contributed by atoms with Crippen LogP contribution in [0.5, 0.6) is 0 Å². The number of nitrogens with one attached hydrogen (secondary N) is 1. The van der Waals surface area contributed by atoms with Gasteiger partial charge in [0.25, 0.3) is 0 Å². The molecule has 9 nitrogen and oxygen atoms in total. The summed E-state index contributed by atoms with van der Waals surface area (Å²) in [6.07, 6.45) is 2.72. The van der Waals surface area contributed by atoms with Crippen molar-refractivity contribution in [3.05, 3.63) is 59.9 Å². The van der Waals surface area contributed by atoms with E-state index in [1.165, 1.54) is 27.4 Å². The highest BCUT2D eigenvalue weighted by Gasteiger charge is 2.33. The minimum atomic E-state index is -3.71. The number of anilines is 1. The van der Waals surface area contributed by atoms with Gasteiger partial charge in [0.05, 0.1) is 16.5 Å². The molecule has 0 bridgehead atoms. The topological polar surface area (TPSA) is 110 Å². The first-order valence-corrected chi connectivity index (χ1v) is 11.5. The molecule has 1 fully saturated rings. The fourth-order valence-corrected chi connectivity index (χ4v) is 5.20. The predicted octanol–water partition coefficient (Wildman–Crippen LogP) is 2.32. The largest absolute Gasteiger partial charge is 0.326 e. The number of piperidine rings is 1. The van der Waals surface area contributed by atoms with Gasteiger partial charge in [-0.1, -0.05) is 12.1 Å². The van der Waals surface area contributed by atoms with Crippen LogP contribution >= 0.6 is 0 Å². The van der Waals surface area contributed by atoms with Gasteiger partial charge in [-0.15, -0.1) is 5.10 Å². The van der Waals surface area contributed by atoms with Gasteiger partial charge in [0.1, 0.15) is 6.33 Å². The van der Waals surface area contributed by atoms with Gasteiger partial charge in [-0.2, -0.15) is 4.31 Å². The second-order valence-electron chi connectivity index (χ2n) is 7.76. The van der Waals surface area contributed by atoms with Crippen molar-refractivity contribution in [2.75, 3.05) is 18.4 Å². The maximum absolute atomic E-state index is 13.2. The van der Waals surface area contributed by atoms with Crippen LogP contribution in [0.1, 0.15) is 24.0 Å². The van der Waals surface area contributed by atoms with Crippen LogP contribution in [-0.4, -0.2) is 51.9 Å². The molecule has 0 spiro atoms. The van der Waals surface area contributed by atoms with Crippen molar-refractivity contribution in [3.63, 3.8) is 0 Å². The van der Waals surface area contributed by atoms with Crippen molar-refractivity contribution in [2.24, 2.45) is 5.92 Å². The molecular weight excluding hydrogens is 416 g/mol. The highest BCUT2D eigenvalue weighted by molar-refractivity contribution is 7.89. The van der Waals surface area contributed by atoms with Crippen LogP contribution in [0.15, 0.2) is 53.7 Å². The summed E-state index contributed by atoms with van der Waals surface area (Å²) in [4.78, 5) is 13.0. The fraction of sp³-hybridized carbons (Fsp3) is 0.333. The second kappa shape index (κ2) is 8.56. The lowest BCUT2D eigenvalue weighted by Crippen LogP contribution is -2.43. The second-order valence-corrected chi connectivity index (χ2v) is 9.70. The van der Waals surface area contributed by atoms with Crippen LogP contribution in [0.25, 0.3) is 5.69 Å². The van der Waals surface area contributed by atoms with Crippen molar-refractivity contribution in [1.29, 1.82) is 0 Å². The Kier molecular flexibility index (Phi) is 5.84. The quantitative estimate of drug-likeness (QED) is 0.652. The molecule has 31 heavy (non-hydrogen) atoms. The van der Waals surface area contributed by atoms with E-state index < -0.39 is 15.9 Å². The Bertz CT molecular complexity index is 1180. The summed E-state index contributed by atoms with van der Waals surface area (Å²) in [5, 5.41) is 13.9. The van der Waals surface area contributed by atoms with E-state index in [9.17, 15) is 13.2 Å². The van der Waals surface area contributed by atoms with E-state index in [4.69, 9.17) is 0 Å². The van der Waals surface area contributed by atoms with Gasteiger partial charge in [-0.05, 0) is 78.6 Å². The number of aryl methyl sites for hydroxylation is 2. The summed E-state index contributed by atoms with van der Waals surface area (Å²) >= 11 is 0. The van der Waals surface area contributed by atoms with Crippen LogP contribution in [0.4, 0.5) is 5.69 Å². The maximum atomic E-state index is 13.2. The standard InChI is InChI=1S/C21H24N6O3S/c1-15-5-6-16(2)20(12-15)23-21(28)17-4-3-11-26(13-17)31(29,30)19-9-7-18(8-10-19)27-14-22-24-25-27/h5-10,12,14,17H,3-4,11,13H2,1-2H3,(H,23,28)/t17-/m0/s1. The molecule has 0 radical (unpaired) electrons. The Labute approximate surface area is 181 Å². The third-order valence-electron chi connectivity index (χ3n) is 5.49. The molecule has 4 rings (SSSR count). The number of benzene rings is 2. The molecule has 0 saturated carbocycles. The Morgan fingerprint density at radius 3 is 2.61 bits per heavy atom. The Morgan fingerprint density at radius 2 is 1.90 bits per heavy atom. The zero-order valence-electron chi connectivity index (χ0n) is 17.4. The smallest absolute Gasteiger partial charge is 0.243 e. The molecule has 162 valence electrons. The van der Waals surface area contributed by atoms with E-state index >= 15 is 0 Å². The number of hydrogen-bond donors (Lipinski definition) is 1. The molecule has 1 aromatic heterocycles. The third-order valence-corrected chi connectivity index (χ3v) is 7.37. The van der Waals surface area contributed by atoms with Crippen LogP contribution in [-0.2, 0) is 14.8 Å². The van der Waals surface area contributed by atoms with E-state index in [1.54, 1.807) is 12.1 Å². The van der Waals surface area contributed by atoms with E-state index in [0.717, 1.165) is 16.8 Å². The van der Waals surface area contributed by atoms with E-state index in [0.29, 0.717) is 25.1 Å². The van der Waals surface area contributed by atoms with Crippen molar-refractivity contribution in [3.8, 4) is 5.69 Å². The molecule has 1 saturated heterocycles. The molecule has 1 amide bonds. The molecule has 1 aliphatic heterocycles. The number of carbonyl (C=O) groups excluding carboxylic acids is 1. The number of amides is 1. The van der Waals surface area contributed by atoms with Gasteiger partial charge in [0.2, 0.25) is 15.9 Å². The monoisotopic (exact) mass is 440 g/mol. The lowest BCUT2D eigenvalue weighted by Gasteiger charge is -2.31. The normalized spacial score (nSPS) is 17.4. The molecule has 1 atom stereocenters. The lowest BCUT2D eigenvalue weighted by atomic mass is 9.98. The Morgan fingerprint density at radius 1 is 1.13 bits per heavy atom. The van der Waals surface area contributed by atoms with Crippen LogP contribution in [0.3, 0.4) is 0 Å². The van der Waals surface area contributed by atoms with Gasteiger partial charge < -0.3 is 5.32 Å². The predicted molar refractivity (Wildman–Crippen MR) is 115 cm³/mol. The van der Waals surface area contributed by atoms with Gasteiger partial charge in [-0.3, -0.25) is 4.79 Å². The Hall–Kier alpha value is -3.11. The van der Waals surface area contributed by atoms with Crippen LogP contribution < -0.4 is 5.32 Å². The minimum Gasteiger partial charge on any atom is -0.326 e. The summed E-state index contributed by atoms with van der Waals surface area (Å²) in [6.45, 7) is 4.46. The number of sulfonamides is 1. The van der Waals surface area contributed by atoms with Gasteiger partial charge >= 0.3 is 0 Å². The molecule has 1 aliphatic rings. The molecule has 2 heterocycles. The summed E-state index contributed by atoms with van der Waals surface area (Å²) < 4.78 is 29.2. The fourth-order valence-electron chi connectivity index (χ4n) is 3.68. The maximum Gasteiger partial charge on any atom is 0.243 e. The van der Waals surface area contributed by atoms with E-state index in [-0.39, 0.29) is 17.3 Å². The number of rotatable bonds is 5. The zero-order chi connectivity index (χ0) is 22.0. The van der Waals surface area contributed by atoms with Crippen molar-refractivity contribution >= 4 is 21.6 Å². The van der Waals surface area contributed by atoms with Crippen molar-refractivity contribution < 1.29 is 13.2 Å². The number of hydrogen-bond acceptors (Lipinski definition) is 6. The van der Waals surface area contributed by atoms with Crippen molar-refractivity contribution in [2.45, 2.75) is 31.6 Å². The van der Waals surface area contributed by atoms with E-state index in [1.807, 2.05) is 32.0 Å². The van der Waals surface area contributed by atoms with Gasteiger partial charge in [0, 0.05) is 18.8 Å². The van der Waals surface area contributed by atoms with Gasteiger partial charge in [-0.25, -0.2) is 13.1 Å². The first kappa shape index (κ1) is 21.1. The summed E-state index contributed by atoms with van der Waals surface area (Å²) in [6, 6.07) is 12.2. The highest BCUT2D eigenvalue weighted by Crippen LogP contribution is 2.26. The van der Waals surface area contributed by atoms with Gasteiger partial charge in [0.15, 0.2) is 0 Å². The first-order valence-electron chi connectivity index (χ1n) is 10.1. The number of aromatic nitrogens is 4. The molecule has 0 unspecified atom stereocenters. The number of nitrogens with zero attached hydrogens (tertiary/aromatic N) is 5. The first-order chi connectivity index (χ1) is 14.8. The Balaban J connectivity index is 1.48. The molecular formula is C21H24N6O3S. The molecule has 3 aromatic rings. The third kappa shape index (κ3) is 4.49. The molecule has 1 N–H and O–H groups in total. The molecule has 2 aromatic carbocycles. The van der Waals surface area contributed by atoms with Crippen molar-refractivity contribution in [1.82, 2.24) is 24.5 Å². The number of tetrazole rings is 1. The average molecular weight is 441 g/mol. The van der Waals surface area contributed by atoms with Crippen LogP contribution in [0, 0.1) is 19.8 Å². The molecule has 10 heteroatoms. The van der Waals surface area contributed by atoms with E-state index in [2.05, 4.69) is 20.8 Å². The SMILES string of the molecule is Cc1ccc(C)c(NC(=O)[C@H]2CCCN(S(=O)(=O)c3ccc(-n4cnnn4)cc3)C2)c1. The average Bonchev–Trinajstić information content (AvgIpc) is 3.31. The molecule has 0 aliphatic carbocycles. The van der Waals surface area contributed by atoms with Crippen LogP contribution in [0.2, 0.25) is 0 Å².